The summed E-state index contributed by atoms with van der Waals surface area (Å²) in [5.74, 6) is -0.897. The molecule has 3 rings (SSSR count). The number of aromatic nitrogens is 3. The third-order valence-corrected chi connectivity index (χ3v) is 3.92. The third kappa shape index (κ3) is 2.95. The molecule has 1 aromatic heterocycles. The van der Waals surface area contributed by atoms with E-state index in [1.165, 1.54) is 6.33 Å². The lowest BCUT2D eigenvalue weighted by Crippen LogP contribution is -2.34. The second-order valence-corrected chi connectivity index (χ2v) is 5.57. The highest BCUT2D eigenvalue weighted by Crippen LogP contribution is 2.40. The average Bonchev–Trinajstić information content (AvgIpc) is 3.11. The Labute approximate surface area is 128 Å². The molecule has 2 unspecified atom stereocenters. The van der Waals surface area contributed by atoms with Gasteiger partial charge in [0.05, 0.1) is 12.7 Å². The summed E-state index contributed by atoms with van der Waals surface area (Å²) in [5, 5.41) is 4.79. The summed E-state index contributed by atoms with van der Waals surface area (Å²) < 4.78 is 14.0. The Hall–Kier alpha value is -1.43. The number of nitrogens with zero attached hydrogens (tertiary/aromatic N) is 3. The van der Waals surface area contributed by atoms with Gasteiger partial charge in [-0.15, -0.1) is 0 Å². The molecule has 21 heavy (non-hydrogen) atoms. The van der Waals surface area contributed by atoms with Crippen LogP contribution in [0.1, 0.15) is 25.3 Å². The molecule has 1 aliphatic rings. The number of rotatable bonds is 5. The molecule has 1 saturated heterocycles. The number of hydrogen-bond acceptors (Lipinski definition) is 4. The van der Waals surface area contributed by atoms with E-state index in [0.717, 1.165) is 18.4 Å². The Morgan fingerprint density at radius 1 is 1.43 bits per heavy atom. The second-order valence-electron chi connectivity index (χ2n) is 5.17. The molecular formula is C15H18ClN3O2. The van der Waals surface area contributed by atoms with Gasteiger partial charge in [-0.1, -0.05) is 43.1 Å². The van der Waals surface area contributed by atoms with E-state index in [4.69, 9.17) is 21.1 Å². The monoisotopic (exact) mass is 307 g/mol. The number of hydrogen-bond donors (Lipinski definition) is 0. The van der Waals surface area contributed by atoms with E-state index in [0.29, 0.717) is 18.2 Å². The SMILES string of the molecule is CCCC1COC(Cn2cncn2)(c2ccccc2Cl)O1. The highest BCUT2D eigenvalue weighted by molar-refractivity contribution is 6.31. The number of halogens is 1. The Balaban J connectivity index is 1.94. The Bertz CT molecular complexity index is 590. The van der Waals surface area contributed by atoms with Gasteiger partial charge in [0.2, 0.25) is 5.79 Å². The summed E-state index contributed by atoms with van der Waals surface area (Å²) in [7, 11) is 0. The second kappa shape index (κ2) is 6.13. The lowest BCUT2D eigenvalue weighted by molar-refractivity contribution is -0.189. The van der Waals surface area contributed by atoms with Crippen LogP contribution in [0, 0.1) is 0 Å². The van der Waals surface area contributed by atoms with Crippen molar-refractivity contribution in [1.82, 2.24) is 14.8 Å². The topological polar surface area (TPSA) is 49.2 Å². The van der Waals surface area contributed by atoms with E-state index in [-0.39, 0.29) is 6.10 Å². The van der Waals surface area contributed by atoms with E-state index in [1.807, 2.05) is 24.3 Å². The van der Waals surface area contributed by atoms with E-state index in [2.05, 4.69) is 17.0 Å². The van der Waals surface area contributed by atoms with Gasteiger partial charge < -0.3 is 9.47 Å². The van der Waals surface area contributed by atoms with Gasteiger partial charge in [-0.25, -0.2) is 9.67 Å². The fraction of sp³-hybridized carbons (Fsp3) is 0.467. The first-order chi connectivity index (χ1) is 10.2. The van der Waals surface area contributed by atoms with Crippen LogP contribution in [0.2, 0.25) is 5.02 Å². The summed E-state index contributed by atoms with van der Waals surface area (Å²) in [5.41, 5.74) is 0.834. The standard InChI is InChI=1S/C15H18ClN3O2/c1-2-5-12-8-20-15(21-12,9-19-11-17-10-18-19)13-6-3-4-7-14(13)16/h3-4,6-7,10-12H,2,5,8-9H2,1H3. The number of benzene rings is 1. The van der Waals surface area contributed by atoms with Crippen molar-refractivity contribution in [3.8, 4) is 0 Å². The summed E-state index contributed by atoms with van der Waals surface area (Å²) in [4.78, 5) is 3.97. The van der Waals surface area contributed by atoms with Crippen molar-refractivity contribution < 1.29 is 9.47 Å². The van der Waals surface area contributed by atoms with E-state index < -0.39 is 5.79 Å². The van der Waals surface area contributed by atoms with E-state index in [9.17, 15) is 0 Å². The lowest BCUT2D eigenvalue weighted by Gasteiger charge is -2.29. The molecule has 2 heterocycles. The maximum atomic E-state index is 6.35. The zero-order chi connectivity index (χ0) is 14.7. The van der Waals surface area contributed by atoms with Crippen LogP contribution in [0.15, 0.2) is 36.9 Å². The van der Waals surface area contributed by atoms with Crippen LogP contribution >= 0.6 is 11.6 Å². The molecule has 1 fully saturated rings. The summed E-state index contributed by atoms with van der Waals surface area (Å²) >= 11 is 6.35. The first-order valence-corrected chi connectivity index (χ1v) is 7.50. The van der Waals surface area contributed by atoms with Gasteiger partial charge in [-0.2, -0.15) is 5.10 Å². The molecular weight excluding hydrogens is 290 g/mol. The average molecular weight is 308 g/mol. The molecule has 0 amide bonds. The minimum absolute atomic E-state index is 0.0785. The molecule has 2 atom stereocenters. The molecule has 1 aromatic carbocycles. The molecule has 0 N–H and O–H groups in total. The quantitative estimate of drug-likeness (QED) is 0.852. The molecule has 1 aliphatic heterocycles. The normalized spacial score (nSPS) is 25.3. The Morgan fingerprint density at radius 2 is 2.29 bits per heavy atom. The third-order valence-electron chi connectivity index (χ3n) is 3.59. The highest BCUT2D eigenvalue weighted by atomic mass is 35.5. The molecule has 5 nitrogen and oxygen atoms in total. The van der Waals surface area contributed by atoms with Gasteiger partial charge in [0.1, 0.15) is 19.2 Å². The largest absolute Gasteiger partial charge is 0.342 e. The zero-order valence-corrected chi connectivity index (χ0v) is 12.7. The summed E-state index contributed by atoms with van der Waals surface area (Å²) in [6, 6.07) is 7.62. The molecule has 2 aromatic rings. The van der Waals surface area contributed by atoms with E-state index >= 15 is 0 Å². The lowest BCUT2D eigenvalue weighted by atomic mass is 10.1. The highest BCUT2D eigenvalue weighted by Gasteiger charge is 2.44. The number of ether oxygens (including phenoxy) is 2. The summed E-state index contributed by atoms with van der Waals surface area (Å²) in [6.45, 7) is 3.13. The van der Waals surface area contributed by atoms with Gasteiger partial charge in [0, 0.05) is 10.6 Å². The van der Waals surface area contributed by atoms with Crippen LogP contribution in [-0.4, -0.2) is 27.5 Å². The zero-order valence-electron chi connectivity index (χ0n) is 11.9. The predicted molar refractivity (Wildman–Crippen MR) is 78.9 cm³/mol. The molecule has 0 saturated carbocycles. The van der Waals surface area contributed by atoms with Crippen molar-refractivity contribution >= 4 is 11.6 Å². The van der Waals surface area contributed by atoms with Crippen LogP contribution < -0.4 is 0 Å². The first-order valence-electron chi connectivity index (χ1n) is 7.13. The first kappa shape index (κ1) is 14.5. The van der Waals surface area contributed by atoms with Crippen LogP contribution in [0.25, 0.3) is 0 Å². The maximum absolute atomic E-state index is 6.35. The van der Waals surface area contributed by atoms with Crippen molar-refractivity contribution in [3.05, 3.63) is 47.5 Å². The van der Waals surface area contributed by atoms with Crippen molar-refractivity contribution in [3.63, 3.8) is 0 Å². The fourth-order valence-electron chi connectivity index (χ4n) is 2.64. The smallest absolute Gasteiger partial charge is 0.217 e. The molecule has 6 heteroatoms. The van der Waals surface area contributed by atoms with Crippen molar-refractivity contribution in [1.29, 1.82) is 0 Å². The van der Waals surface area contributed by atoms with Gasteiger partial charge >= 0.3 is 0 Å². The minimum atomic E-state index is -0.897. The minimum Gasteiger partial charge on any atom is -0.342 e. The fourth-order valence-corrected chi connectivity index (χ4v) is 2.92. The van der Waals surface area contributed by atoms with Gasteiger partial charge in [-0.05, 0) is 12.5 Å². The molecule has 0 aliphatic carbocycles. The van der Waals surface area contributed by atoms with Crippen LogP contribution in [0.4, 0.5) is 0 Å². The molecule has 0 spiro atoms. The van der Waals surface area contributed by atoms with Crippen LogP contribution in [0.3, 0.4) is 0 Å². The predicted octanol–water partition coefficient (Wildman–Crippen LogP) is 3.00. The van der Waals surface area contributed by atoms with Gasteiger partial charge in [-0.3, -0.25) is 0 Å². The Kier molecular flexibility index (Phi) is 4.24. The van der Waals surface area contributed by atoms with Crippen molar-refractivity contribution in [2.45, 2.75) is 38.2 Å². The molecule has 112 valence electrons. The maximum Gasteiger partial charge on any atom is 0.217 e. The Morgan fingerprint density at radius 3 is 3.00 bits per heavy atom. The van der Waals surface area contributed by atoms with Crippen molar-refractivity contribution in [2.75, 3.05) is 6.61 Å². The molecule has 0 radical (unpaired) electrons. The van der Waals surface area contributed by atoms with Crippen LogP contribution in [0.5, 0.6) is 0 Å². The van der Waals surface area contributed by atoms with Gasteiger partial charge in [0.25, 0.3) is 0 Å². The van der Waals surface area contributed by atoms with Crippen molar-refractivity contribution in [2.24, 2.45) is 0 Å². The summed E-state index contributed by atoms with van der Waals surface area (Å²) in [6.07, 6.45) is 5.24. The van der Waals surface area contributed by atoms with Gasteiger partial charge in [0.15, 0.2) is 0 Å². The van der Waals surface area contributed by atoms with E-state index in [1.54, 1.807) is 11.0 Å². The molecule has 0 bridgehead atoms. The van der Waals surface area contributed by atoms with Crippen LogP contribution in [-0.2, 0) is 21.8 Å².